The molecular weight excluding hydrogens is 420 g/mol. The Balaban J connectivity index is 2.24. The number of benzene rings is 2. The normalized spacial score (nSPS) is 12.1. The molecule has 0 unspecified atom stereocenters. The number of alkyl halides is 3. The minimum atomic E-state index is -4.47. The summed E-state index contributed by atoms with van der Waals surface area (Å²) in [6.07, 6.45) is -2.30. The number of rotatable bonds is 5. The molecule has 3 rings (SSSR count). The van der Waals surface area contributed by atoms with Gasteiger partial charge in [-0.25, -0.2) is 0 Å². The highest BCUT2D eigenvalue weighted by atomic mass is 35.5. The monoisotopic (exact) mass is 434 g/mol. The molecule has 3 N–H and O–H groups in total. The van der Waals surface area contributed by atoms with E-state index in [9.17, 15) is 13.2 Å². The molecule has 8 heteroatoms. The number of H-pyrrole nitrogens is 1. The fraction of sp³-hybridized carbons (Fsp3) is 0.263. The van der Waals surface area contributed by atoms with Crippen LogP contribution in [0.5, 0.6) is 0 Å². The topological polar surface area (TPSA) is 41.8 Å². The fourth-order valence-corrected chi connectivity index (χ4v) is 3.86. The van der Waals surface area contributed by atoms with Gasteiger partial charge in [-0.3, -0.25) is 0 Å². The highest BCUT2D eigenvalue weighted by Gasteiger charge is 2.31. The fourth-order valence-electron chi connectivity index (χ4n) is 3.10. The van der Waals surface area contributed by atoms with Crippen molar-refractivity contribution >= 4 is 45.7 Å². The number of hydrogen-bond acceptors (Lipinski definition) is 1. The number of aryl methyl sites for hydroxylation is 1. The van der Waals surface area contributed by atoms with E-state index in [4.69, 9.17) is 40.5 Å². The van der Waals surface area contributed by atoms with Crippen molar-refractivity contribution in [2.24, 2.45) is 5.73 Å². The maximum atomic E-state index is 13.2. The molecule has 1 heterocycles. The molecule has 2 aromatic carbocycles. The quantitative estimate of drug-likeness (QED) is 0.412. The first-order chi connectivity index (χ1) is 12.7. The largest absolute Gasteiger partial charge is 0.416 e. The highest BCUT2D eigenvalue weighted by Crippen LogP contribution is 2.41. The van der Waals surface area contributed by atoms with E-state index < -0.39 is 11.7 Å². The molecule has 3 aromatic rings. The third-order valence-electron chi connectivity index (χ3n) is 4.38. The summed E-state index contributed by atoms with van der Waals surface area (Å²) in [6, 6.07) is 6.61. The summed E-state index contributed by atoms with van der Waals surface area (Å²) in [4.78, 5) is 3.15. The summed E-state index contributed by atoms with van der Waals surface area (Å²) in [7, 11) is 0. The van der Waals surface area contributed by atoms with Gasteiger partial charge < -0.3 is 10.7 Å². The first-order valence-electron chi connectivity index (χ1n) is 8.29. The van der Waals surface area contributed by atoms with E-state index in [0.29, 0.717) is 34.2 Å². The molecule has 0 atom stereocenters. The van der Waals surface area contributed by atoms with Gasteiger partial charge in [0.25, 0.3) is 0 Å². The number of aromatic nitrogens is 1. The van der Waals surface area contributed by atoms with Crippen molar-refractivity contribution < 1.29 is 13.2 Å². The minimum Gasteiger partial charge on any atom is -0.353 e. The Bertz CT molecular complexity index is 980. The van der Waals surface area contributed by atoms with Crippen molar-refractivity contribution in [3.05, 3.63) is 56.5 Å². The lowest BCUT2D eigenvalue weighted by Gasteiger charge is -2.11. The van der Waals surface area contributed by atoms with Crippen molar-refractivity contribution in [1.82, 2.24) is 4.98 Å². The maximum Gasteiger partial charge on any atom is 0.416 e. The molecule has 2 nitrogen and oxygen atoms in total. The molecule has 0 aliphatic heterocycles. The van der Waals surface area contributed by atoms with Crippen molar-refractivity contribution in [2.45, 2.75) is 25.4 Å². The van der Waals surface area contributed by atoms with Crippen LogP contribution in [0, 0.1) is 0 Å². The molecule has 27 heavy (non-hydrogen) atoms. The Labute approximate surface area is 169 Å². The van der Waals surface area contributed by atoms with Gasteiger partial charge in [-0.2, -0.15) is 13.2 Å². The van der Waals surface area contributed by atoms with E-state index in [-0.39, 0.29) is 10.6 Å². The van der Waals surface area contributed by atoms with E-state index in [0.717, 1.165) is 35.9 Å². The first-order valence-corrected chi connectivity index (χ1v) is 9.42. The summed E-state index contributed by atoms with van der Waals surface area (Å²) < 4.78 is 39.5. The zero-order valence-corrected chi connectivity index (χ0v) is 16.3. The van der Waals surface area contributed by atoms with Crippen LogP contribution < -0.4 is 5.73 Å². The van der Waals surface area contributed by atoms with E-state index >= 15 is 0 Å². The second kappa shape index (κ2) is 7.92. The Morgan fingerprint density at radius 3 is 2.37 bits per heavy atom. The van der Waals surface area contributed by atoms with Crippen molar-refractivity contribution in [1.29, 1.82) is 0 Å². The summed E-state index contributed by atoms with van der Waals surface area (Å²) in [5, 5.41) is 1.84. The van der Waals surface area contributed by atoms with E-state index in [2.05, 4.69) is 4.98 Å². The van der Waals surface area contributed by atoms with Gasteiger partial charge in [0.15, 0.2) is 0 Å². The predicted molar refractivity (Wildman–Crippen MR) is 106 cm³/mol. The second-order valence-corrected chi connectivity index (χ2v) is 7.48. The highest BCUT2D eigenvalue weighted by molar-refractivity contribution is 6.38. The second-order valence-electron chi connectivity index (χ2n) is 6.23. The van der Waals surface area contributed by atoms with E-state index in [1.807, 2.05) is 0 Å². The summed E-state index contributed by atoms with van der Waals surface area (Å²) in [6.45, 7) is 0.531. The van der Waals surface area contributed by atoms with Gasteiger partial charge in [0.2, 0.25) is 0 Å². The number of halogens is 6. The predicted octanol–water partition coefficient (Wildman–Crippen LogP) is 7.10. The molecule has 0 saturated heterocycles. The van der Waals surface area contributed by atoms with Crippen LogP contribution in [0.25, 0.3) is 22.2 Å². The van der Waals surface area contributed by atoms with Gasteiger partial charge in [0.1, 0.15) is 0 Å². The summed E-state index contributed by atoms with van der Waals surface area (Å²) in [5.41, 5.74) is 7.04. The van der Waals surface area contributed by atoms with Crippen LogP contribution in [0.2, 0.25) is 15.1 Å². The summed E-state index contributed by atoms with van der Waals surface area (Å²) in [5.74, 6) is 0. The third kappa shape index (κ3) is 4.21. The molecule has 0 bridgehead atoms. The number of unbranched alkanes of at least 4 members (excludes halogenated alkanes) is 1. The molecule has 0 amide bonds. The Kier molecular flexibility index (Phi) is 5.96. The molecular formula is C19H16Cl3F3N2. The smallest absolute Gasteiger partial charge is 0.353 e. The maximum absolute atomic E-state index is 13.2. The van der Waals surface area contributed by atoms with Gasteiger partial charge in [-0.15, -0.1) is 0 Å². The van der Waals surface area contributed by atoms with E-state index in [1.165, 1.54) is 6.07 Å². The number of fused-ring (bicyclic) bond motifs is 1. The zero-order valence-electron chi connectivity index (χ0n) is 14.1. The van der Waals surface area contributed by atoms with Gasteiger partial charge in [0.05, 0.1) is 21.8 Å². The molecule has 0 aliphatic carbocycles. The first kappa shape index (κ1) is 20.3. The molecule has 0 saturated carbocycles. The van der Waals surface area contributed by atoms with Crippen molar-refractivity contribution in [3.8, 4) is 11.3 Å². The third-order valence-corrected chi connectivity index (χ3v) is 5.22. The number of nitrogens with one attached hydrogen (secondary N) is 1. The average Bonchev–Trinajstić information content (AvgIpc) is 2.93. The Hall–Kier alpha value is -1.40. The number of aromatic amines is 1. The van der Waals surface area contributed by atoms with Crippen LogP contribution in [0.4, 0.5) is 13.2 Å². The number of nitrogens with two attached hydrogens (primary N) is 1. The Morgan fingerprint density at radius 2 is 1.70 bits per heavy atom. The average molecular weight is 436 g/mol. The Morgan fingerprint density at radius 1 is 0.963 bits per heavy atom. The lowest BCUT2D eigenvalue weighted by atomic mass is 9.99. The van der Waals surface area contributed by atoms with Gasteiger partial charge in [0, 0.05) is 21.0 Å². The van der Waals surface area contributed by atoms with Crippen LogP contribution in [0.15, 0.2) is 30.3 Å². The van der Waals surface area contributed by atoms with E-state index in [1.54, 1.807) is 12.1 Å². The number of hydrogen-bond donors (Lipinski definition) is 2. The lowest BCUT2D eigenvalue weighted by molar-refractivity contribution is -0.137. The zero-order chi connectivity index (χ0) is 19.8. The lowest BCUT2D eigenvalue weighted by Crippen LogP contribution is -2.05. The van der Waals surface area contributed by atoms with Crippen LogP contribution in [-0.4, -0.2) is 11.5 Å². The van der Waals surface area contributed by atoms with Crippen molar-refractivity contribution in [3.63, 3.8) is 0 Å². The molecule has 0 spiro atoms. The molecule has 0 radical (unpaired) electrons. The van der Waals surface area contributed by atoms with Crippen LogP contribution in [0.1, 0.15) is 24.0 Å². The van der Waals surface area contributed by atoms with Crippen LogP contribution in [-0.2, 0) is 12.6 Å². The van der Waals surface area contributed by atoms with Crippen LogP contribution >= 0.6 is 34.8 Å². The van der Waals surface area contributed by atoms with Gasteiger partial charge >= 0.3 is 6.18 Å². The van der Waals surface area contributed by atoms with Gasteiger partial charge in [-0.05, 0) is 61.7 Å². The standard InChI is InChI=1S/C19H16Cl3F3N2/c20-11-8-13-12(3-1-2-6-26)17(27-18(13)16(22)9-11)14-7-10(19(23,24)25)4-5-15(14)21/h4-5,7-9,27H,1-3,6,26H2. The van der Waals surface area contributed by atoms with Crippen molar-refractivity contribution in [2.75, 3.05) is 6.54 Å². The minimum absolute atomic E-state index is 0.219. The molecule has 0 aliphatic rings. The summed E-state index contributed by atoms with van der Waals surface area (Å²) >= 11 is 18.7. The van der Waals surface area contributed by atoms with Crippen LogP contribution in [0.3, 0.4) is 0 Å². The SMILES string of the molecule is NCCCCc1c(-c2cc(C(F)(F)F)ccc2Cl)[nH]c2c(Cl)cc(Cl)cc12. The molecule has 144 valence electrons. The van der Waals surface area contributed by atoms with Gasteiger partial charge in [-0.1, -0.05) is 34.8 Å². The molecule has 1 aromatic heterocycles. The molecule has 0 fully saturated rings.